The maximum atomic E-state index is 10.0. The molecule has 1 aromatic carbocycles. The van der Waals surface area contributed by atoms with Gasteiger partial charge in [-0.15, -0.1) is 24.8 Å². The maximum absolute atomic E-state index is 10.0. The van der Waals surface area contributed by atoms with E-state index in [-0.39, 0.29) is 42.7 Å². The summed E-state index contributed by atoms with van der Waals surface area (Å²) >= 11 is 0. The third-order valence-electron chi connectivity index (χ3n) is 4.05. The van der Waals surface area contributed by atoms with Crippen molar-refractivity contribution in [3.8, 4) is 17.1 Å². The average Bonchev–Trinajstić information content (AvgIpc) is 2.55. The molecule has 0 unspecified atom stereocenters. The van der Waals surface area contributed by atoms with Crippen LogP contribution in [0, 0.1) is 6.92 Å². The number of halogens is 2. The van der Waals surface area contributed by atoms with E-state index in [9.17, 15) is 5.11 Å². The Hall–Kier alpha value is -1.60. The second-order valence-electron chi connectivity index (χ2n) is 5.75. The molecule has 0 aliphatic carbocycles. The van der Waals surface area contributed by atoms with Crippen LogP contribution in [-0.4, -0.2) is 47.4 Å². The first-order chi connectivity index (χ1) is 11.2. The van der Waals surface area contributed by atoms with Gasteiger partial charge in [0, 0.05) is 25.4 Å². The lowest BCUT2D eigenvalue weighted by atomic mass is 10.0. The Morgan fingerprint density at radius 2 is 2.00 bits per heavy atom. The van der Waals surface area contributed by atoms with Crippen LogP contribution in [0.3, 0.4) is 0 Å². The summed E-state index contributed by atoms with van der Waals surface area (Å²) in [6, 6.07) is 9.16. The van der Waals surface area contributed by atoms with Crippen molar-refractivity contribution in [3.05, 3.63) is 36.0 Å². The number of phenols is 1. The van der Waals surface area contributed by atoms with Gasteiger partial charge in [-0.1, -0.05) is 12.1 Å². The summed E-state index contributed by atoms with van der Waals surface area (Å²) in [4.78, 5) is 9.00. The molecule has 2 atom stereocenters. The molecule has 1 aromatic heterocycles. The largest absolute Gasteiger partial charge is 0.507 e. The highest BCUT2D eigenvalue weighted by atomic mass is 35.5. The monoisotopic (exact) mass is 386 g/mol. The van der Waals surface area contributed by atoms with E-state index in [4.69, 9.17) is 4.74 Å². The Balaban J connectivity index is 0.00000156. The fourth-order valence-electron chi connectivity index (χ4n) is 2.88. The van der Waals surface area contributed by atoms with Crippen molar-refractivity contribution in [1.29, 1.82) is 0 Å². The highest BCUT2D eigenvalue weighted by Gasteiger charge is 2.25. The lowest BCUT2D eigenvalue weighted by Crippen LogP contribution is -2.49. The van der Waals surface area contributed by atoms with Gasteiger partial charge in [-0.2, -0.15) is 0 Å². The van der Waals surface area contributed by atoms with E-state index in [1.165, 1.54) is 0 Å². The first kappa shape index (κ1) is 21.4. The van der Waals surface area contributed by atoms with E-state index in [1.54, 1.807) is 19.2 Å². The molecule has 0 bridgehead atoms. The second kappa shape index (κ2) is 9.77. The maximum Gasteiger partial charge on any atom is 0.165 e. The van der Waals surface area contributed by atoms with Gasteiger partial charge >= 0.3 is 0 Å². The number of para-hydroxylation sites is 1. The molecule has 2 aromatic rings. The third kappa shape index (κ3) is 5.19. The zero-order chi connectivity index (χ0) is 16.2. The molecule has 138 valence electrons. The van der Waals surface area contributed by atoms with Crippen LogP contribution in [0.15, 0.2) is 30.3 Å². The predicted molar refractivity (Wildman–Crippen MR) is 104 cm³/mol. The smallest absolute Gasteiger partial charge is 0.165 e. The normalized spacial score (nSPS) is 19.4. The Morgan fingerprint density at radius 3 is 2.72 bits per heavy atom. The Morgan fingerprint density at radius 1 is 1.24 bits per heavy atom. The molecule has 1 aliphatic heterocycles. The molecule has 0 spiro atoms. The standard InChI is InChI=1S/C17H22N4O2.2ClH/c1-11-9-16(20-13-10-18-8-7-15(13)23-2)21-17(19-11)12-5-3-4-6-14(12)22;;/h3-6,9,13,15,18,22H,7-8,10H2,1-2H3,(H,19,20,21);2*1H/t13-,15+;;/m0../s1. The molecule has 0 radical (unpaired) electrons. The van der Waals surface area contributed by atoms with Crippen LogP contribution in [0.1, 0.15) is 12.1 Å². The molecular formula is C17H24Cl2N4O2. The number of nitrogens with one attached hydrogen (secondary N) is 2. The van der Waals surface area contributed by atoms with Crippen LogP contribution >= 0.6 is 24.8 Å². The molecule has 3 rings (SSSR count). The zero-order valence-corrected chi connectivity index (χ0v) is 15.9. The molecule has 1 saturated heterocycles. The molecule has 25 heavy (non-hydrogen) atoms. The molecule has 0 saturated carbocycles. The lowest BCUT2D eigenvalue weighted by Gasteiger charge is -2.32. The van der Waals surface area contributed by atoms with Crippen molar-refractivity contribution in [2.75, 3.05) is 25.5 Å². The van der Waals surface area contributed by atoms with E-state index < -0.39 is 0 Å². The van der Waals surface area contributed by atoms with Crippen LogP contribution in [0.4, 0.5) is 5.82 Å². The van der Waals surface area contributed by atoms with Crippen molar-refractivity contribution < 1.29 is 9.84 Å². The minimum Gasteiger partial charge on any atom is -0.507 e. The van der Waals surface area contributed by atoms with Gasteiger partial charge < -0.3 is 20.5 Å². The third-order valence-corrected chi connectivity index (χ3v) is 4.05. The number of piperidine rings is 1. The number of anilines is 1. The van der Waals surface area contributed by atoms with Crippen molar-refractivity contribution in [3.63, 3.8) is 0 Å². The van der Waals surface area contributed by atoms with Crippen LogP contribution < -0.4 is 10.6 Å². The van der Waals surface area contributed by atoms with Crippen molar-refractivity contribution in [1.82, 2.24) is 15.3 Å². The van der Waals surface area contributed by atoms with Gasteiger partial charge in [0.25, 0.3) is 0 Å². The average molecular weight is 387 g/mol. The molecule has 8 heteroatoms. The first-order valence-electron chi connectivity index (χ1n) is 7.81. The number of hydrogen-bond donors (Lipinski definition) is 3. The van der Waals surface area contributed by atoms with Crippen LogP contribution in [-0.2, 0) is 4.74 Å². The number of ether oxygens (including phenoxy) is 1. The number of aromatic hydroxyl groups is 1. The van der Waals surface area contributed by atoms with E-state index in [0.717, 1.165) is 31.0 Å². The molecule has 6 nitrogen and oxygen atoms in total. The summed E-state index contributed by atoms with van der Waals surface area (Å²) in [5.41, 5.74) is 1.47. The summed E-state index contributed by atoms with van der Waals surface area (Å²) < 4.78 is 5.55. The minimum absolute atomic E-state index is 0. The second-order valence-corrected chi connectivity index (χ2v) is 5.75. The molecular weight excluding hydrogens is 363 g/mol. The lowest BCUT2D eigenvalue weighted by molar-refractivity contribution is 0.0664. The number of aryl methyl sites for hydroxylation is 1. The Kier molecular flexibility index (Phi) is 8.38. The van der Waals surface area contributed by atoms with Crippen molar-refractivity contribution in [2.45, 2.75) is 25.5 Å². The van der Waals surface area contributed by atoms with Gasteiger partial charge in [0.15, 0.2) is 5.82 Å². The molecule has 3 N–H and O–H groups in total. The van der Waals surface area contributed by atoms with Crippen LogP contribution in [0.5, 0.6) is 5.75 Å². The summed E-state index contributed by atoms with van der Waals surface area (Å²) in [5, 5.41) is 16.8. The van der Waals surface area contributed by atoms with E-state index in [2.05, 4.69) is 20.6 Å². The number of aromatic nitrogens is 2. The van der Waals surface area contributed by atoms with Gasteiger partial charge in [-0.3, -0.25) is 0 Å². The summed E-state index contributed by atoms with van der Waals surface area (Å²) in [6.45, 7) is 3.71. The molecule has 1 aliphatic rings. The minimum atomic E-state index is 0. The predicted octanol–water partition coefficient (Wildman–Crippen LogP) is 2.79. The number of rotatable bonds is 4. The topological polar surface area (TPSA) is 79.3 Å². The molecule has 1 fully saturated rings. The number of phenolic OH excluding ortho intramolecular Hbond substituents is 1. The first-order valence-corrected chi connectivity index (χ1v) is 7.81. The molecule has 2 heterocycles. The zero-order valence-electron chi connectivity index (χ0n) is 14.2. The van der Waals surface area contributed by atoms with E-state index in [0.29, 0.717) is 11.4 Å². The fourth-order valence-corrected chi connectivity index (χ4v) is 2.88. The van der Waals surface area contributed by atoms with Gasteiger partial charge in [0.2, 0.25) is 0 Å². The number of hydrogen-bond acceptors (Lipinski definition) is 6. The summed E-state index contributed by atoms with van der Waals surface area (Å²) in [7, 11) is 1.74. The SMILES string of the molecule is CO[C@@H]1CCNC[C@@H]1Nc1cc(C)nc(-c2ccccc2O)n1.Cl.Cl. The van der Waals surface area contributed by atoms with E-state index in [1.807, 2.05) is 25.1 Å². The number of methoxy groups -OCH3 is 1. The fraction of sp³-hybridized carbons (Fsp3) is 0.412. The highest BCUT2D eigenvalue weighted by molar-refractivity contribution is 5.85. The van der Waals surface area contributed by atoms with E-state index >= 15 is 0 Å². The van der Waals surface area contributed by atoms with Gasteiger partial charge in [0.05, 0.1) is 17.7 Å². The van der Waals surface area contributed by atoms with Crippen LogP contribution in [0.25, 0.3) is 11.4 Å². The molecule has 0 amide bonds. The quantitative estimate of drug-likeness (QED) is 0.749. The van der Waals surface area contributed by atoms with Crippen molar-refractivity contribution in [2.24, 2.45) is 0 Å². The number of nitrogens with zero attached hydrogens (tertiary/aromatic N) is 2. The van der Waals surface area contributed by atoms with Crippen molar-refractivity contribution >= 4 is 30.6 Å². The highest BCUT2D eigenvalue weighted by Crippen LogP contribution is 2.27. The van der Waals surface area contributed by atoms with Gasteiger partial charge in [-0.25, -0.2) is 9.97 Å². The Bertz CT molecular complexity index is 687. The van der Waals surface area contributed by atoms with Gasteiger partial charge in [0.1, 0.15) is 11.6 Å². The summed E-state index contributed by atoms with van der Waals surface area (Å²) in [5.74, 6) is 1.44. The van der Waals surface area contributed by atoms with Crippen LogP contribution in [0.2, 0.25) is 0 Å². The van der Waals surface area contributed by atoms with Gasteiger partial charge in [-0.05, 0) is 32.0 Å². The summed E-state index contributed by atoms with van der Waals surface area (Å²) in [6.07, 6.45) is 1.12. The number of benzene rings is 1. The Labute approximate surface area is 160 Å².